The van der Waals surface area contributed by atoms with E-state index in [0.29, 0.717) is 6.54 Å². The second-order valence-corrected chi connectivity index (χ2v) is 5.13. The molecule has 0 unspecified atom stereocenters. The number of hydrogen-bond acceptors (Lipinski definition) is 4. The fourth-order valence-corrected chi connectivity index (χ4v) is 2.78. The monoisotopic (exact) mass is 249 g/mol. The molecular weight excluding hydrogens is 230 g/mol. The van der Waals surface area contributed by atoms with E-state index in [1.807, 2.05) is 7.05 Å². The highest BCUT2D eigenvalue weighted by molar-refractivity contribution is 5.81. The van der Waals surface area contributed by atoms with Crippen LogP contribution in [-0.4, -0.2) is 45.2 Å². The topological polar surface area (TPSA) is 63.1 Å². The minimum absolute atomic E-state index is 0.00373. The number of hydrogen-bond donors (Lipinski definition) is 1. The first-order valence-corrected chi connectivity index (χ1v) is 6.65. The quantitative estimate of drug-likeness (QED) is 0.815. The number of carbonyl (C=O) groups is 1. The lowest BCUT2D eigenvalue weighted by Gasteiger charge is -2.20. The van der Waals surface area contributed by atoms with Crippen LogP contribution in [0, 0.1) is 0 Å². The number of rotatable bonds is 3. The number of carbonyl (C=O) groups excluding carboxylic acids is 1. The Kier molecular flexibility index (Phi) is 3.03. The van der Waals surface area contributed by atoms with E-state index in [0.717, 1.165) is 50.4 Å². The number of aryl methyl sites for hydroxylation is 1. The Bertz CT molecular complexity index is 449. The molecule has 3 heterocycles. The van der Waals surface area contributed by atoms with Gasteiger partial charge in [0.1, 0.15) is 5.82 Å². The Morgan fingerprint density at radius 2 is 2.39 bits per heavy atom. The van der Waals surface area contributed by atoms with Crippen molar-refractivity contribution in [1.82, 2.24) is 25.0 Å². The van der Waals surface area contributed by atoms with E-state index in [1.165, 1.54) is 0 Å². The van der Waals surface area contributed by atoms with Crippen molar-refractivity contribution in [3.05, 3.63) is 11.6 Å². The Labute approximate surface area is 106 Å². The molecule has 0 bridgehead atoms. The van der Waals surface area contributed by atoms with Gasteiger partial charge < -0.3 is 14.8 Å². The molecule has 1 atom stereocenters. The summed E-state index contributed by atoms with van der Waals surface area (Å²) in [4.78, 5) is 13.9. The predicted octanol–water partition coefficient (Wildman–Crippen LogP) is -0.0653. The van der Waals surface area contributed by atoms with Crippen LogP contribution in [-0.2, 0) is 24.3 Å². The molecule has 0 aliphatic carbocycles. The Morgan fingerprint density at radius 1 is 1.50 bits per heavy atom. The molecule has 1 amide bonds. The molecule has 6 nitrogen and oxygen atoms in total. The maximum atomic E-state index is 12.2. The summed E-state index contributed by atoms with van der Waals surface area (Å²) in [6.07, 6.45) is 4.18. The standard InChI is InChI=1S/C12H19N5O/c1-16(12(18)9-4-2-6-13-9)8-11-15-14-10-5-3-7-17(10)11/h9,13H,2-8H2,1H3/t9-/m0/s1. The number of fused-ring (bicyclic) bond motifs is 1. The second kappa shape index (κ2) is 4.68. The molecule has 1 N–H and O–H groups in total. The predicted molar refractivity (Wildman–Crippen MR) is 65.8 cm³/mol. The van der Waals surface area contributed by atoms with Gasteiger partial charge in [0.25, 0.3) is 0 Å². The van der Waals surface area contributed by atoms with Crippen molar-refractivity contribution in [2.24, 2.45) is 0 Å². The highest BCUT2D eigenvalue weighted by Crippen LogP contribution is 2.16. The van der Waals surface area contributed by atoms with E-state index in [2.05, 4.69) is 20.1 Å². The molecule has 0 spiro atoms. The number of nitrogens with zero attached hydrogens (tertiary/aromatic N) is 4. The van der Waals surface area contributed by atoms with E-state index < -0.39 is 0 Å². The van der Waals surface area contributed by atoms with E-state index in [-0.39, 0.29) is 11.9 Å². The minimum atomic E-state index is -0.00373. The average Bonchev–Trinajstić information content (AvgIpc) is 3.06. The zero-order valence-corrected chi connectivity index (χ0v) is 10.7. The van der Waals surface area contributed by atoms with Gasteiger partial charge in [-0.3, -0.25) is 4.79 Å². The summed E-state index contributed by atoms with van der Waals surface area (Å²) in [7, 11) is 1.85. The minimum Gasteiger partial charge on any atom is -0.337 e. The number of likely N-dealkylation sites (N-methyl/N-ethyl adjacent to an activating group) is 1. The second-order valence-electron chi connectivity index (χ2n) is 5.13. The van der Waals surface area contributed by atoms with Crippen molar-refractivity contribution in [3.63, 3.8) is 0 Å². The van der Waals surface area contributed by atoms with Gasteiger partial charge >= 0.3 is 0 Å². The van der Waals surface area contributed by atoms with Crippen molar-refractivity contribution in [2.75, 3.05) is 13.6 Å². The van der Waals surface area contributed by atoms with Gasteiger partial charge in [-0.25, -0.2) is 0 Å². The van der Waals surface area contributed by atoms with Crippen molar-refractivity contribution < 1.29 is 4.79 Å². The van der Waals surface area contributed by atoms with Crippen molar-refractivity contribution in [2.45, 2.75) is 44.8 Å². The zero-order chi connectivity index (χ0) is 12.5. The third-order valence-corrected chi connectivity index (χ3v) is 3.80. The van der Waals surface area contributed by atoms with Crippen LogP contribution in [0.15, 0.2) is 0 Å². The van der Waals surface area contributed by atoms with Crippen molar-refractivity contribution in [3.8, 4) is 0 Å². The normalized spacial score (nSPS) is 22.2. The largest absolute Gasteiger partial charge is 0.337 e. The molecule has 98 valence electrons. The Balaban J connectivity index is 1.66. The molecule has 18 heavy (non-hydrogen) atoms. The molecule has 2 aliphatic rings. The van der Waals surface area contributed by atoms with Crippen LogP contribution < -0.4 is 5.32 Å². The lowest BCUT2D eigenvalue weighted by atomic mass is 10.2. The van der Waals surface area contributed by atoms with Gasteiger partial charge in [-0.15, -0.1) is 10.2 Å². The van der Waals surface area contributed by atoms with E-state index in [9.17, 15) is 4.79 Å². The third kappa shape index (κ3) is 2.01. The summed E-state index contributed by atoms with van der Waals surface area (Å²) in [5, 5.41) is 11.6. The maximum Gasteiger partial charge on any atom is 0.239 e. The summed E-state index contributed by atoms with van der Waals surface area (Å²) in [6, 6.07) is -0.00373. The van der Waals surface area contributed by atoms with Gasteiger partial charge in [0.2, 0.25) is 5.91 Å². The number of amides is 1. The first kappa shape index (κ1) is 11.6. The number of nitrogens with one attached hydrogen (secondary N) is 1. The Hall–Kier alpha value is -1.43. The first-order valence-electron chi connectivity index (χ1n) is 6.65. The summed E-state index contributed by atoms with van der Waals surface area (Å²) >= 11 is 0. The van der Waals surface area contributed by atoms with Crippen LogP contribution in [0.4, 0.5) is 0 Å². The van der Waals surface area contributed by atoms with Crippen LogP contribution in [0.2, 0.25) is 0 Å². The van der Waals surface area contributed by atoms with Crippen LogP contribution >= 0.6 is 0 Å². The average molecular weight is 249 g/mol. The lowest BCUT2D eigenvalue weighted by molar-refractivity contribution is -0.132. The fourth-order valence-electron chi connectivity index (χ4n) is 2.78. The van der Waals surface area contributed by atoms with Crippen molar-refractivity contribution >= 4 is 5.91 Å². The van der Waals surface area contributed by atoms with Crippen LogP contribution in [0.1, 0.15) is 30.9 Å². The molecule has 1 saturated heterocycles. The third-order valence-electron chi connectivity index (χ3n) is 3.80. The van der Waals surface area contributed by atoms with Crippen LogP contribution in [0.5, 0.6) is 0 Å². The van der Waals surface area contributed by atoms with E-state index in [1.54, 1.807) is 4.90 Å². The summed E-state index contributed by atoms with van der Waals surface area (Å²) < 4.78 is 2.14. The highest BCUT2D eigenvalue weighted by atomic mass is 16.2. The van der Waals surface area contributed by atoms with Crippen molar-refractivity contribution in [1.29, 1.82) is 0 Å². The molecule has 1 fully saturated rings. The lowest BCUT2D eigenvalue weighted by Crippen LogP contribution is -2.41. The summed E-state index contributed by atoms with van der Waals surface area (Å²) in [6.45, 7) is 2.50. The summed E-state index contributed by atoms with van der Waals surface area (Å²) in [5.41, 5.74) is 0. The molecule has 0 saturated carbocycles. The number of aromatic nitrogens is 3. The molecule has 1 aromatic heterocycles. The van der Waals surface area contributed by atoms with E-state index >= 15 is 0 Å². The van der Waals surface area contributed by atoms with Gasteiger partial charge in [0.05, 0.1) is 12.6 Å². The zero-order valence-electron chi connectivity index (χ0n) is 10.7. The molecule has 3 rings (SSSR count). The van der Waals surface area contributed by atoms with E-state index in [4.69, 9.17) is 0 Å². The van der Waals surface area contributed by atoms with Gasteiger partial charge in [-0.05, 0) is 25.8 Å². The van der Waals surface area contributed by atoms with Crippen LogP contribution in [0.25, 0.3) is 0 Å². The Morgan fingerprint density at radius 3 is 3.17 bits per heavy atom. The van der Waals surface area contributed by atoms with Gasteiger partial charge in [-0.1, -0.05) is 0 Å². The fraction of sp³-hybridized carbons (Fsp3) is 0.750. The smallest absolute Gasteiger partial charge is 0.239 e. The molecule has 1 aromatic rings. The molecule has 0 radical (unpaired) electrons. The molecule has 6 heteroatoms. The first-order chi connectivity index (χ1) is 8.75. The SMILES string of the molecule is CN(Cc1nnc2n1CCC2)C(=O)[C@@H]1CCCN1. The summed E-state index contributed by atoms with van der Waals surface area (Å²) in [5.74, 6) is 2.14. The van der Waals surface area contributed by atoms with Gasteiger partial charge in [-0.2, -0.15) is 0 Å². The van der Waals surface area contributed by atoms with Gasteiger partial charge in [0.15, 0.2) is 5.82 Å². The molecular formula is C12H19N5O. The molecule has 2 aliphatic heterocycles. The highest BCUT2D eigenvalue weighted by Gasteiger charge is 2.26. The molecule has 0 aromatic carbocycles. The van der Waals surface area contributed by atoms with Gasteiger partial charge in [0, 0.05) is 20.0 Å². The maximum absolute atomic E-state index is 12.2. The van der Waals surface area contributed by atoms with Crippen LogP contribution in [0.3, 0.4) is 0 Å².